The molecule has 1 fully saturated rings. The fourth-order valence-corrected chi connectivity index (χ4v) is 2.04. The van der Waals surface area contributed by atoms with E-state index in [-0.39, 0.29) is 17.6 Å². The average Bonchev–Trinajstić information content (AvgIpc) is 2.27. The van der Waals surface area contributed by atoms with Gasteiger partial charge in [0.2, 0.25) is 0 Å². The first kappa shape index (κ1) is 13.5. The van der Waals surface area contributed by atoms with Crippen molar-refractivity contribution in [3.63, 3.8) is 0 Å². The minimum Gasteiger partial charge on any atom is -0.465 e. The molecule has 0 aromatic carbocycles. The molecule has 0 spiro atoms. The lowest BCUT2D eigenvalue weighted by Crippen LogP contribution is -2.55. The monoisotopic (exact) mass is 229 g/mol. The Hall–Kier alpha value is -0.610. The van der Waals surface area contributed by atoms with Crippen LogP contribution in [0.3, 0.4) is 0 Å². The van der Waals surface area contributed by atoms with Crippen molar-refractivity contribution in [3.05, 3.63) is 0 Å². The zero-order valence-electron chi connectivity index (χ0n) is 10.5. The molecule has 1 aliphatic heterocycles. The normalized spacial score (nSPS) is 27.4. The van der Waals surface area contributed by atoms with Crippen molar-refractivity contribution in [3.8, 4) is 0 Å². The van der Waals surface area contributed by atoms with Crippen molar-refractivity contribution in [1.82, 2.24) is 5.32 Å². The summed E-state index contributed by atoms with van der Waals surface area (Å²) < 4.78 is 10.5. The second kappa shape index (κ2) is 6.21. The molecule has 0 aromatic rings. The number of hydrogen-bond acceptors (Lipinski definition) is 4. The molecule has 4 heteroatoms. The molecular weight excluding hydrogens is 206 g/mol. The fourth-order valence-electron chi connectivity index (χ4n) is 2.04. The number of nitrogens with one attached hydrogen (secondary N) is 1. The second-order valence-corrected chi connectivity index (χ2v) is 4.57. The molecular formula is C12H23NO3. The molecule has 1 heterocycles. The summed E-state index contributed by atoms with van der Waals surface area (Å²) in [6.07, 6.45) is 2.83. The molecule has 1 saturated heterocycles. The highest BCUT2D eigenvalue weighted by atomic mass is 16.5. The maximum atomic E-state index is 11.7. The summed E-state index contributed by atoms with van der Waals surface area (Å²) in [5, 5.41) is 3.37. The van der Waals surface area contributed by atoms with E-state index in [4.69, 9.17) is 9.47 Å². The Morgan fingerprint density at radius 1 is 1.56 bits per heavy atom. The number of carbonyl (C=O) groups excluding carboxylic acids is 1. The smallest absolute Gasteiger partial charge is 0.323 e. The summed E-state index contributed by atoms with van der Waals surface area (Å²) in [6.45, 7) is 7.85. The average molecular weight is 229 g/mol. The maximum Gasteiger partial charge on any atom is 0.323 e. The van der Waals surface area contributed by atoms with Crippen LogP contribution in [0.25, 0.3) is 0 Å². The lowest BCUT2D eigenvalue weighted by Gasteiger charge is -2.37. The molecule has 0 aliphatic carbocycles. The van der Waals surface area contributed by atoms with E-state index in [1.165, 1.54) is 0 Å². The highest BCUT2D eigenvalue weighted by molar-refractivity contribution is 5.75. The summed E-state index contributed by atoms with van der Waals surface area (Å²) in [5.41, 5.74) is -0.0916. The van der Waals surface area contributed by atoms with Crippen LogP contribution in [0.1, 0.15) is 40.0 Å². The quantitative estimate of drug-likeness (QED) is 0.726. The van der Waals surface area contributed by atoms with Crippen molar-refractivity contribution in [1.29, 1.82) is 0 Å². The predicted molar refractivity (Wildman–Crippen MR) is 62.3 cm³/mol. The van der Waals surface area contributed by atoms with E-state index in [0.717, 1.165) is 25.9 Å². The van der Waals surface area contributed by atoms with E-state index in [1.54, 1.807) is 0 Å². The molecule has 0 aromatic heterocycles. The van der Waals surface area contributed by atoms with E-state index < -0.39 is 0 Å². The van der Waals surface area contributed by atoms with Crippen molar-refractivity contribution >= 4 is 5.97 Å². The minimum atomic E-state index is -0.216. The molecule has 94 valence electrons. The largest absolute Gasteiger partial charge is 0.465 e. The van der Waals surface area contributed by atoms with Crippen molar-refractivity contribution < 1.29 is 14.3 Å². The summed E-state index contributed by atoms with van der Waals surface area (Å²) in [5.74, 6) is -0.156. The molecule has 2 atom stereocenters. The first-order valence-corrected chi connectivity index (χ1v) is 6.13. The van der Waals surface area contributed by atoms with Crippen molar-refractivity contribution in [2.75, 3.05) is 19.8 Å². The van der Waals surface area contributed by atoms with Crippen LogP contribution in [-0.4, -0.2) is 37.4 Å². The zero-order chi connectivity index (χ0) is 12.0. The molecule has 0 radical (unpaired) electrons. The SMILES string of the molecule is CCOC(=O)C(CC)NC1(C)CCCOC1. The summed E-state index contributed by atoms with van der Waals surface area (Å²) in [6, 6.07) is -0.216. The van der Waals surface area contributed by atoms with Gasteiger partial charge in [0.1, 0.15) is 6.04 Å². The van der Waals surface area contributed by atoms with Crippen LogP contribution in [0.4, 0.5) is 0 Å². The van der Waals surface area contributed by atoms with Crippen LogP contribution < -0.4 is 5.32 Å². The highest BCUT2D eigenvalue weighted by Gasteiger charge is 2.32. The second-order valence-electron chi connectivity index (χ2n) is 4.57. The van der Waals surface area contributed by atoms with Crippen LogP contribution in [0.5, 0.6) is 0 Å². The van der Waals surface area contributed by atoms with Crippen LogP contribution in [-0.2, 0) is 14.3 Å². The Balaban J connectivity index is 2.50. The first-order chi connectivity index (χ1) is 7.61. The molecule has 0 bridgehead atoms. The lowest BCUT2D eigenvalue weighted by atomic mass is 9.93. The molecule has 1 rings (SSSR count). The number of ether oxygens (including phenoxy) is 2. The van der Waals surface area contributed by atoms with Gasteiger partial charge in [-0.25, -0.2) is 0 Å². The Bertz CT molecular complexity index is 224. The van der Waals surface area contributed by atoms with E-state index in [1.807, 2.05) is 13.8 Å². The van der Waals surface area contributed by atoms with Gasteiger partial charge >= 0.3 is 5.97 Å². The fraction of sp³-hybridized carbons (Fsp3) is 0.917. The maximum absolute atomic E-state index is 11.7. The Morgan fingerprint density at radius 2 is 2.31 bits per heavy atom. The molecule has 0 saturated carbocycles. The van der Waals surface area contributed by atoms with Gasteiger partial charge in [-0.2, -0.15) is 0 Å². The number of carbonyl (C=O) groups is 1. The van der Waals surface area contributed by atoms with Gasteiger partial charge in [0.15, 0.2) is 0 Å². The van der Waals surface area contributed by atoms with Crippen LogP contribution in [0, 0.1) is 0 Å². The van der Waals surface area contributed by atoms with Gasteiger partial charge in [0, 0.05) is 12.1 Å². The van der Waals surface area contributed by atoms with Crippen LogP contribution in [0.2, 0.25) is 0 Å². The summed E-state index contributed by atoms with van der Waals surface area (Å²) in [7, 11) is 0. The minimum absolute atomic E-state index is 0.0916. The van der Waals surface area contributed by atoms with Gasteiger partial charge in [-0.05, 0) is 33.1 Å². The molecule has 0 amide bonds. The zero-order valence-corrected chi connectivity index (χ0v) is 10.5. The highest BCUT2D eigenvalue weighted by Crippen LogP contribution is 2.19. The summed E-state index contributed by atoms with van der Waals surface area (Å²) in [4.78, 5) is 11.7. The van der Waals surface area contributed by atoms with Crippen molar-refractivity contribution in [2.45, 2.75) is 51.6 Å². The van der Waals surface area contributed by atoms with E-state index >= 15 is 0 Å². The topological polar surface area (TPSA) is 47.6 Å². The standard InChI is InChI=1S/C12H23NO3/c1-4-10(11(14)16-5-2)13-12(3)7-6-8-15-9-12/h10,13H,4-9H2,1-3H3. The number of rotatable bonds is 5. The number of hydrogen-bond donors (Lipinski definition) is 1. The third-order valence-electron chi connectivity index (χ3n) is 2.94. The van der Waals surface area contributed by atoms with E-state index in [2.05, 4.69) is 12.2 Å². The third-order valence-corrected chi connectivity index (χ3v) is 2.94. The van der Waals surface area contributed by atoms with Gasteiger partial charge < -0.3 is 9.47 Å². The van der Waals surface area contributed by atoms with Gasteiger partial charge in [0.25, 0.3) is 0 Å². The molecule has 16 heavy (non-hydrogen) atoms. The van der Waals surface area contributed by atoms with Crippen LogP contribution in [0.15, 0.2) is 0 Å². The van der Waals surface area contributed by atoms with Crippen LogP contribution >= 0.6 is 0 Å². The van der Waals surface area contributed by atoms with E-state index in [9.17, 15) is 4.79 Å². The van der Waals surface area contributed by atoms with Crippen molar-refractivity contribution in [2.24, 2.45) is 0 Å². The van der Waals surface area contributed by atoms with Gasteiger partial charge in [-0.3, -0.25) is 10.1 Å². The van der Waals surface area contributed by atoms with Gasteiger partial charge in [0.05, 0.1) is 13.2 Å². The molecule has 1 N–H and O–H groups in total. The predicted octanol–water partition coefficient (Wildman–Crippen LogP) is 1.49. The molecule has 1 aliphatic rings. The number of esters is 1. The molecule has 4 nitrogen and oxygen atoms in total. The summed E-state index contributed by atoms with van der Waals surface area (Å²) >= 11 is 0. The van der Waals surface area contributed by atoms with Gasteiger partial charge in [-0.1, -0.05) is 6.92 Å². The Labute approximate surface area is 97.7 Å². The third kappa shape index (κ3) is 3.76. The Kier molecular flexibility index (Phi) is 5.22. The Morgan fingerprint density at radius 3 is 2.81 bits per heavy atom. The first-order valence-electron chi connectivity index (χ1n) is 6.13. The lowest BCUT2D eigenvalue weighted by molar-refractivity contribution is -0.146. The molecule has 2 unspecified atom stereocenters. The van der Waals surface area contributed by atoms with E-state index in [0.29, 0.717) is 13.2 Å². The van der Waals surface area contributed by atoms with Gasteiger partial charge in [-0.15, -0.1) is 0 Å².